The monoisotopic (exact) mass is 248 g/mol. The molecule has 1 aromatic carbocycles. The highest BCUT2D eigenvalue weighted by atomic mass is 15.1. The third-order valence-electron chi connectivity index (χ3n) is 3.23. The maximum absolute atomic E-state index is 3.58. The van der Waals surface area contributed by atoms with E-state index in [9.17, 15) is 0 Å². The third-order valence-corrected chi connectivity index (χ3v) is 3.23. The van der Waals surface area contributed by atoms with E-state index in [0.29, 0.717) is 6.04 Å². The second-order valence-electron chi connectivity index (χ2n) is 5.47. The first-order valence-corrected chi connectivity index (χ1v) is 7.10. The summed E-state index contributed by atoms with van der Waals surface area (Å²) < 4.78 is 0. The summed E-state index contributed by atoms with van der Waals surface area (Å²) in [5, 5.41) is 3.58. The molecule has 0 radical (unpaired) electrons. The highest BCUT2D eigenvalue weighted by Crippen LogP contribution is 2.14. The number of nitrogens with zero attached hydrogens (tertiary/aromatic N) is 1. The first-order chi connectivity index (χ1) is 8.63. The molecular weight excluding hydrogens is 220 g/mol. The van der Waals surface area contributed by atoms with E-state index in [1.165, 1.54) is 18.5 Å². The maximum Gasteiger partial charge on any atom is 0.0449 e. The van der Waals surface area contributed by atoms with Gasteiger partial charge in [-0.25, -0.2) is 0 Å². The zero-order valence-electron chi connectivity index (χ0n) is 12.3. The van der Waals surface area contributed by atoms with Crippen LogP contribution in [0, 0.1) is 5.92 Å². The van der Waals surface area contributed by atoms with Crippen molar-refractivity contribution in [3.63, 3.8) is 0 Å². The molecule has 0 aliphatic heterocycles. The molecule has 1 unspecified atom stereocenters. The molecule has 2 nitrogen and oxygen atoms in total. The van der Waals surface area contributed by atoms with Gasteiger partial charge >= 0.3 is 0 Å². The van der Waals surface area contributed by atoms with Crippen molar-refractivity contribution in [3.05, 3.63) is 35.9 Å². The van der Waals surface area contributed by atoms with Crippen molar-refractivity contribution in [1.82, 2.24) is 10.2 Å². The summed E-state index contributed by atoms with van der Waals surface area (Å²) >= 11 is 0. The molecule has 1 atom stereocenters. The summed E-state index contributed by atoms with van der Waals surface area (Å²) in [6.07, 6.45) is 1.27. The molecule has 0 saturated carbocycles. The van der Waals surface area contributed by atoms with Crippen LogP contribution < -0.4 is 5.32 Å². The largest absolute Gasteiger partial charge is 0.309 e. The smallest absolute Gasteiger partial charge is 0.0449 e. The molecule has 0 aliphatic rings. The number of hydrogen-bond donors (Lipinski definition) is 1. The first kappa shape index (κ1) is 15.2. The number of rotatable bonds is 8. The van der Waals surface area contributed by atoms with Gasteiger partial charge in [0.2, 0.25) is 0 Å². The Labute approximate surface area is 112 Å². The SMILES string of the molecule is CCNC(CN(C)CCC(C)C)c1ccccc1. The Morgan fingerprint density at radius 3 is 2.39 bits per heavy atom. The Kier molecular flexibility index (Phi) is 6.99. The minimum Gasteiger partial charge on any atom is -0.309 e. The molecule has 1 aromatic rings. The van der Waals surface area contributed by atoms with E-state index >= 15 is 0 Å². The average Bonchev–Trinajstić information content (AvgIpc) is 2.37. The van der Waals surface area contributed by atoms with Gasteiger partial charge in [0.15, 0.2) is 0 Å². The summed E-state index contributed by atoms with van der Waals surface area (Å²) in [6, 6.07) is 11.2. The van der Waals surface area contributed by atoms with E-state index in [0.717, 1.165) is 19.0 Å². The molecule has 0 amide bonds. The molecule has 102 valence electrons. The van der Waals surface area contributed by atoms with E-state index in [4.69, 9.17) is 0 Å². The molecule has 0 fully saturated rings. The lowest BCUT2D eigenvalue weighted by Gasteiger charge is -2.25. The molecule has 0 spiro atoms. The van der Waals surface area contributed by atoms with Gasteiger partial charge in [0.1, 0.15) is 0 Å². The highest BCUT2D eigenvalue weighted by Gasteiger charge is 2.12. The predicted molar refractivity (Wildman–Crippen MR) is 79.8 cm³/mol. The Morgan fingerprint density at radius 2 is 1.83 bits per heavy atom. The van der Waals surface area contributed by atoms with Crippen LogP contribution in [-0.4, -0.2) is 31.6 Å². The van der Waals surface area contributed by atoms with Gasteiger partial charge in [-0.05, 0) is 38.0 Å². The van der Waals surface area contributed by atoms with Crippen LogP contribution >= 0.6 is 0 Å². The van der Waals surface area contributed by atoms with Crippen LogP contribution in [0.2, 0.25) is 0 Å². The minimum atomic E-state index is 0.438. The Hall–Kier alpha value is -0.860. The van der Waals surface area contributed by atoms with E-state index in [1.54, 1.807) is 0 Å². The van der Waals surface area contributed by atoms with Gasteiger partial charge in [0.05, 0.1) is 0 Å². The lowest BCUT2D eigenvalue weighted by atomic mass is 10.1. The summed E-state index contributed by atoms with van der Waals surface area (Å²) in [7, 11) is 2.22. The van der Waals surface area contributed by atoms with Gasteiger partial charge in [-0.15, -0.1) is 0 Å². The van der Waals surface area contributed by atoms with Gasteiger partial charge in [-0.1, -0.05) is 51.1 Å². The van der Waals surface area contributed by atoms with Crippen LogP contribution in [0.25, 0.3) is 0 Å². The van der Waals surface area contributed by atoms with Crippen molar-refractivity contribution in [1.29, 1.82) is 0 Å². The van der Waals surface area contributed by atoms with Gasteiger partial charge in [0, 0.05) is 12.6 Å². The second-order valence-corrected chi connectivity index (χ2v) is 5.47. The quantitative estimate of drug-likeness (QED) is 0.759. The van der Waals surface area contributed by atoms with Crippen LogP contribution in [0.15, 0.2) is 30.3 Å². The predicted octanol–water partition coefficient (Wildman–Crippen LogP) is 3.32. The Bertz CT molecular complexity index is 308. The summed E-state index contributed by atoms with van der Waals surface area (Å²) in [6.45, 7) is 10.00. The topological polar surface area (TPSA) is 15.3 Å². The Balaban J connectivity index is 2.52. The zero-order valence-corrected chi connectivity index (χ0v) is 12.3. The van der Waals surface area contributed by atoms with Crippen molar-refractivity contribution in [3.8, 4) is 0 Å². The molecule has 2 heteroatoms. The van der Waals surface area contributed by atoms with Crippen LogP contribution in [-0.2, 0) is 0 Å². The third kappa shape index (κ3) is 5.65. The maximum atomic E-state index is 3.58. The molecule has 1 N–H and O–H groups in total. The van der Waals surface area contributed by atoms with Crippen molar-refractivity contribution < 1.29 is 0 Å². The van der Waals surface area contributed by atoms with Gasteiger partial charge in [-0.3, -0.25) is 0 Å². The summed E-state index contributed by atoms with van der Waals surface area (Å²) in [5.41, 5.74) is 1.38. The van der Waals surface area contributed by atoms with Crippen LogP contribution in [0.5, 0.6) is 0 Å². The van der Waals surface area contributed by atoms with Crippen LogP contribution in [0.3, 0.4) is 0 Å². The molecular formula is C16H28N2. The van der Waals surface area contributed by atoms with E-state index in [2.05, 4.69) is 68.4 Å². The number of hydrogen-bond acceptors (Lipinski definition) is 2. The highest BCUT2D eigenvalue weighted by molar-refractivity contribution is 5.19. The van der Waals surface area contributed by atoms with Gasteiger partial charge < -0.3 is 10.2 Å². The van der Waals surface area contributed by atoms with Gasteiger partial charge in [0.25, 0.3) is 0 Å². The normalized spacial score (nSPS) is 13.2. The van der Waals surface area contributed by atoms with E-state index in [-0.39, 0.29) is 0 Å². The fraction of sp³-hybridized carbons (Fsp3) is 0.625. The van der Waals surface area contributed by atoms with Crippen molar-refractivity contribution >= 4 is 0 Å². The molecule has 1 rings (SSSR count). The minimum absolute atomic E-state index is 0.438. The van der Waals surface area contributed by atoms with Crippen molar-refractivity contribution in [2.75, 3.05) is 26.7 Å². The summed E-state index contributed by atoms with van der Waals surface area (Å²) in [4.78, 5) is 2.43. The van der Waals surface area contributed by atoms with Crippen molar-refractivity contribution in [2.24, 2.45) is 5.92 Å². The standard InChI is InChI=1S/C16H28N2/c1-5-17-16(15-9-7-6-8-10-15)13-18(4)12-11-14(2)3/h6-10,14,16-17H,5,11-13H2,1-4H3. The average molecular weight is 248 g/mol. The van der Waals surface area contributed by atoms with Crippen LogP contribution in [0.1, 0.15) is 38.8 Å². The molecule has 0 aromatic heterocycles. The number of nitrogens with one attached hydrogen (secondary N) is 1. The lowest BCUT2D eigenvalue weighted by molar-refractivity contribution is 0.276. The Morgan fingerprint density at radius 1 is 1.17 bits per heavy atom. The molecule has 18 heavy (non-hydrogen) atoms. The molecule has 0 bridgehead atoms. The fourth-order valence-corrected chi connectivity index (χ4v) is 2.10. The van der Waals surface area contributed by atoms with Gasteiger partial charge in [-0.2, -0.15) is 0 Å². The van der Waals surface area contributed by atoms with E-state index < -0.39 is 0 Å². The summed E-state index contributed by atoms with van der Waals surface area (Å²) in [5.74, 6) is 0.779. The molecule has 0 aliphatic carbocycles. The molecule has 0 saturated heterocycles. The van der Waals surface area contributed by atoms with E-state index in [1.807, 2.05) is 0 Å². The fourth-order valence-electron chi connectivity index (χ4n) is 2.10. The number of benzene rings is 1. The number of likely N-dealkylation sites (N-methyl/N-ethyl adjacent to an activating group) is 2. The van der Waals surface area contributed by atoms with Crippen LogP contribution in [0.4, 0.5) is 0 Å². The second kappa shape index (κ2) is 8.28. The molecule has 0 heterocycles. The van der Waals surface area contributed by atoms with Crippen molar-refractivity contribution in [2.45, 2.75) is 33.2 Å². The first-order valence-electron chi connectivity index (χ1n) is 7.10. The zero-order chi connectivity index (χ0) is 13.4. The lowest BCUT2D eigenvalue weighted by Crippen LogP contribution is -2.33.